The minimum absolute atomic E-state index is 0.209. The summed E-state index contributed by atoms with van der Waals surface area (Å²) in [6.07, 6.45) is 1.01. The fourth-order valence-electron chi connectivity index (χ4n) is 1.33. The predicted octanol–water partition coefficient (Wildman–Crippen LogP) is 1.93. The number of ether oxygens (including phenoxy) is 1. The number of nitrogens with one attached hydrogen (secondary N) is 1. The molecule has 92 valence electrons. The highest BCUT2D eigenvalue weighted by Gasteiger charge is 2.12. The van der Waals surface area contributed by atoms with E-state index in [1.165, 1.54) is 6.92 Å². The summed E-state index contributed by atoms with van der Waals surface area (Å²) in [6, 6.07) is 4.92. The second-order valence-electron chi connectivity index (χ2n) is 3.63. The van der Waals surface area contributed by atoms with Crippen molar-refractivity contribution in [1.82, 2.24) is 0 Å². The van der Waals surface area contributed by atoms with E-state index in [0.29, 0.717) is 24.2 Å². The maximum absolute atomic E-state index is 11.4. The van der Waals surface area contributed by atoms with Crippen molar-refractivity contribution in [2.24, 2.45) is 0 Å². The minimum atomic E-state index is -0.364. The number of anilines is 2. The lowest BCUT2D eigenvalue weighted by atomic mass is 10.2. The maximum Gasteiger partial charge on any atom is 0.311 e. The van der Waals surface area contributed by atoms with Crippen LogP contribution in [0.25, 0.3) is 0 Å². The molecule has 1 aromatic carbocycles. The summed E-state index contributed by atoms with van der Waals surface area (Å²) in [6.45, 7) is 3.26. The van der Waals surface area contributed by atoms with Gasteiger partial charge in [-0.25, -0.2) is 0 Å². The van der Waals surface area contributed by atoms with E-state index in [-0.39, 0.29) is 17.6 Å². The lowest BCUT2D eigenvalue weighted by Gasteiger charge is -2.12. The molecule has 0 fully saturated rings. The molecule has 0 heterocycles. The van der Waals surface area contributed by atoms with Gasteiger partial charge in [0.15, 0.2) is 5.75 Å². The fraction of sp³-hybridized carbons (Fsp3) is 0.333. The zero-order valence-electron chi connectivity index (χ0n) is 9.95. The Hall–Kier alpha value is -2.04. The van der Waals surface area contributed by atoms with Crippen molar-refractivity contribution in [1.29, 1.82) is 0 Å². The summed E-state index contributed by atoms with van der Waals surface area (Å²) in [4.78, 5) is 22.4. The number of carbonyl (C=O) groups is 2. The monoisotopic (exact) mass is 236 g/mol. The van der Waals surface area contributed by atoms with Gasteiger partial charge in [0.05, 0.1) is 11.4 Å². The van der Waals surface area contributed by atoms with Gasteiger partial charge in [-0.1, -0.05) is 13.0 Å². The summed E-state index contributed by atoms with van der Waals surface area (Å²) < 4.78 is 5.14. The standard InChI is InChI=1S/C12H16N2O3/c1-3-5-11(16)17-12-9(13)6-4-7-10(12)14-8(2)15/h4,6-7H,3,5,13H2,1-2H3,(H,14,15). The number of hydrogen-bond acceptors (Lipinski definition) is 4. The van der Waals surface area contributed by atoms with Gasteiger partial charge in [-0.2, -0.15) is 0 Å². The second kappa shape index (κ2) is 5.89. The van der Waals surface area contributed by atoms with Gasteiger partial charge in [-0.15, -0.1) is 0 Å². The zero-order valence-corrected chi connectivity index (χ0v) is 9.95. The largest absolute Gasteiger partial charge is 0.422 e. The Balaban J connectivity index is 2.95. The van der Waals surface area contributed by atoms with Crippen LogP contribution in [0.2, 0.25) is 0 Å². The van der Waals surface area contributed by atoms with E-state index in [0.717, 1.165) is 0 Å². The highest BCUT2D eigenvalue weighted by Crippen LogP contribution is 2.31. The van der Waals surface area contributed by atoms with E-state index in [9.17, 15) is 9.59 Å². The van der Waals surface area contributed by atoms with Crippen LogP contribution in [0.3, 0.4) is 0 Å². The first kappa shape index (κ1) is 13.0. The lowest BCUT2D eigenvalue weighted by molar-refractivity contribution is -0.134. The van der Waals surface area contributed by atoms with E-state index in [4.69, 9.17) is 10.5 Å². The van der Waals surface area contributed by atoms with Gasteiger partial charge >= 0.3 is 5.97 Å². The first-order chi connectivity index (χ1) is 8.04. The number of amides is 1. The van der Waals surface area contributed by atoms with Crippen molar-refractivity contribution in [3.63, 3.8) is 0 Å². The third-order valence-electron chi connectivity index (χ3n) is 2.03. The average Bonchev–Trinajstić information content (AvgIpc) is 2.23. The molecule has 0 radical (unpaired) electrons. The molecular weight excluding hydrogens is 220 g/mol. The molecule has 0 spiro atoms. The third-order valence-corrected chi connectivity index (χ3v) is 2.03. The predicted molar refractivity (Wildman–Crippen MR) is 65.7 cm³/mol. The fourth-order valence-corrected chi connectivity index (χ4v) is 1.33. The van der Waals surface area contributed by atoms with Crippen LogP contribution in [0, 0.1) is 0 Å². The molecular formula is C12H16N2O3. The van der Waals surface area contributed by atoms with Gasteiger partial charge in [0, 0.05) is 13.3 Å². The highest BCUT2D eigenvalue weighted by atomic mass is 16.5. The van der Waals surface area contributed by atoms with E-state index >= 15 is 0 Å². The van der Waals surface area contributed by atoms with Crippen molar-refractivity contribution in [3.8, 4) is 5.75 Å². The van der Waals surface area contributed by atoms with Crippen molar-refractivity contribution >= 4 is 23.3 Å². The molecule has 0 atom stereocenters. The number of para-hydroxylation sites is 1. The molecule has 5 nitrogen and oxygen atoms in total. The first-order valence-corrected chi connectivity index (χ1v) is 5.41. The molecule has 0 aliphatic heterocycles. The molecule has 5 heteroatoms. The maximum atomic E-state index is 11.4. The molecule has 0 bridgehead atoms. The van der Waals surface area contributed by atoms with Gasteiger partial charge in [-0.05, 0) is 18.6 Å². The van der Waals surface area contributed by atoms with Crippen LogP contribution in [-0.2, 0) is 9.59 Å². The molecule has 0 unspecified atom stereocenters. The minimum Gasteiger partial charge on any atom is -0.422 e. The number of nitrogens with two attached hydrogens (primary N) is 1. The van der Waals surface area contributed by atoms with Crippen LogP contribution in [0.4, 0.5) is 11.4 Å². The Morgan fingerprint density at radius 2 is 2.12 bits per heavy atom. The Morgan fingerprint density at radius 3 is 2.71 bits per heavy atom. The number of hydrogen-bond donors (Lipinski definition) is 2. The summed E-state index contributed by atoms with van der Waals surface area (Å²) in [7, 11) is 0. The molecule has 3 N–H and O–H groups in total. The van der Waals surface area contributed by atoms with Crippen molar-refractivity contribution in [2.45, 2.75) is 26.7 Å². The normalized spacial score (nSPS) is 9.76. The topological polar surface area (TPSA) is 81.4 Å². The molecule has 0 saturated heterocycles. The van der Waals surface area contributed by atoms with Gasteiger partial charge in [0.1, 0.15) is 0 Å². The smallest absolute Gasteiger partial charge is 0.311 e. The van der Waals surface area contributed by atoms with Gasteiger partial charge in [0.25, 0.3) is 0 Å². The molecule has 0 saturated carbocycles. The molecule has 1 aromatic rings. The average molecular weight is 236 g/mol. The van der Waals surface area contributed by atoms with Gasteiger partial charge in [-0.3, -0.25) is 9.59 Å². The number of benzene rings is 1. The van der Waals surface area contributed by atoms with Crippen LogP contribution in [0.5, 0.6) is 5.75 Å². The Morgan fingerprint density at radius 1 is 1.41 bits per heavy atom. The molecule has 0 aromatic heterocycles. The number of esters is 1. The van der Waals surface area contributed by atoms with E-state index in [1.807, 2.05) is 6.92 Å². The number of nitrogen functional groups attached to an aromatic ring is 1. The molecule has 0 aliphatic carbocycles. The molecule has 1 rings (SSSR count). The second-order valence-corrected chi connectivity index (χ2v) is 3.63. The van der Waals surface area contributed by atoms with Crippen LogP contribution in [0.1, 0.15) is 26.7 Å². The van der Waals surface area contributed by atoms with Crippen molar-refractivity contribution < 1.29 is 14.3 Å². The highest BCUT2D eigenvalue weighted by molar-refractivity contribution is 5.92. The summed E-state index contributed by atoms with van der Waals surface area (Å²) in [5.74, 6) is -0.401. The molecule has 0 aliphatic rings. The van der Waals surface area contributed by atoms with Crippen LogP contribution in [0.15, 0.2) is 18.2 Å². The van der Waals surface area contributed by atoms with Gasteiger partial charge < -0.3 is 15.8 Å². The SMILES string of the molecule is CCCC(=O)Oc1c(N)cccc1NC(C)=O. The van der Waals surface area contributed by atoms with Crippen LogP contribution >= 0.6 is 0 Å². The number of carbonyl (C=O) groups excluding carboxylic acids is 2. The van der Waals surface area contributed by atoms with Crippen LogP contribution in [-0.4, -0.2) is 11.9 Å². The van der Waals surface area contributed by atoms with E-state index in [2.05, 4.69) is 5.32 Å². The Bertz CT molecular complexity index is 430. The Labute approximate surface area is 99.9 Å². The number of rotatable bonds is 4. The van der Waals surface area contributed by atoms with E-state index in [1.54, 1.807) is 18.2 Å². The first-order valence-electron chi connectivity index (χ1n) is 5.41. The summed E-state index contributed by atoms with van der Waals surface area (Å²) in [5, 5.41) is 2.57. The lowest BCUT2D eigenvalue weighted by Crippen LogP contribution is -2.13. The van der Waals surface area contributed by atoms with Gasteiger partial charge in [0.2, 0.25) is 5.91 Å². The summed E-state index contributed by atoms with van der Waals surface area (Å²) >= 11 is 0. The molecule has 17 heavy (non-hydrogen) atoms. The summed E-state index contributed by atoms with van der Waals surface area (Å²) in [5.41, 5.74) is 6.44. The van der Waals surface area contributed by atoms with E-state index < -0.39 is 0 Å². The zero-order chi connectivity index (χ0) is 12.8. The molecule has 1 amide bonds. The van der Waals surface area contributed by atoms with Crippen LogP contribution < -0.4 is 15.8 Å². The quantitative estimate of drug-likeness (QED) is 0.475. The third kappa shape index (κ3) is 3.79. The Kier molecular flexibility index (Phi) is 4.51. The van der Waals surface area contributed by atoms with Crippen molar-refractivity contribution in [3.05, 3.63) is 18.2 Å². The van der Waals surface area contributed by atoms with Crippen molar-refractivity contribution in [2.75, 3.05) is 11.1 Å².